The number of para-hydroxylation sites is 1. The molecule has 3 heterocycles. The van der Waals surface area contributed by atoms with E-state index in [1.807, 2.05) is 67.6 Å². The first-order valence-corrected chi connectivity index (χ1v) is 11.0. The second-order valence-corrected chi connectivity index (χ2v) is 8.02. The van der Waals surface area contributed by atoms with E-state index in [1.165, 1.54) is 6.07 Å². The fraction of sp³-hybridized carbons (Fsp3) is 0.111. The van der Waals surface area contributed by atoms with E-state index in [0.717, 1.165) is 33.7 Å². The molecule has 3 aromatic carbocycles. The van der Waals surface area contributed by atoms with Crippen LogP contribution in [0.5, 0.6) is 0 Å². The highest BCUT2D eigenvalue weighted by molar-refractivity contribution is 6.13. The average molecular weight is 433 g/mol. The molecule has 0 fully saturated rings. The molecule has 1 aliphatic heterocycles. The molecule has 1 unspecified atom stereocenters. The highest BCUT2D eigenvalue weighted by Crippen LogP contribution is 2.35. The van der Waals surface area contributed by atoms with Crippen molar-refractivity contribution in [2.24, 2.45) is 4.99 Å². The van der Waals surface area contributed by atoms with Crippen molar-refractivity contribution in [1.29, 1.82) is 0 Å². The van der Waals surface area contributed by atoms with Crippen LogP contribution in [0.2, 0.25) is 0 Å². The Balaban J connectivity index is 1.52. The number of fused-ring (bicyclic) bond motifs is 3. The molecule has 0 aliphatic carbocycles. The molecule has 2 aromatic heterocycles. The first-order chi connectivity index (χ1) is 16.2. The minimum absolute atomic E-state index is 0.212. The van der Waals surface area contributed by atoms with Gasteiger partial charge in [-0.05, 0) is 36.1 Å². The summed E-state index contributed by atoms with van der Waals surface area (Å²) in [5.74, 6) is 1.54. The van der Waals surface area contributed by atoms with Gasteiger partial charge in [-0.15, -0.1) is 0 Å². The molecule has 1 aliphatic rings. The zero-order valence-corrected chi connectivity index (χ0v) is 18.0. The zero-order chi connectivity index (χ0) is 22.4. The van der Waals surface area contributed by atoms with E-state index in [9.17, 15) is 4.39 Å². The van der Waals surface area contributed by atoms with Crippen molar-refractivity contribution in [3.63, 3.8) is 0 Å². The quantitative estimate of drug-likeness (QED) is 0.362. The summed E-state index contributed by atoms with van der Waals surface area (Å²) in [5, 5.41) is 6.31. The maximum absolute atomic E-state index is 14.6. The zero-order valence-electron chi connectivity index (χ0n) is 18.0. The first kappa shape index (κ1) is 19.5. The second kappa shape index (κ2) is 7.74. The summed E-state index contributed by atoms with van der Waals surface area (Å²) < 4.78 is 14.6. The lowest BCUT2D eigenvalue weighted by Gasteiger charge is -2.12. The number of aliphatic imine (C=N–C) groups is 1. The molecule has 0 amide bonds. The number of halogens is 1. The fourth-order valence-electron chi connectivity index (χ4n) is 4.45. The molecule has 0 bridgehead atoms. The molecular formula is C27H20FN5. The predicted molar refractivity (Wildman–Crippen MR) is 130 cm³/mol. The monoisotopic (exact) mass is 433 g/mol. The number of anilines is 1. The van der Waals surface area contributed by atoms with Gasteiger partial charge < -0.3 is 5.32 Å². The summed E-state index contributed by atoms with van der Waals surface area (Å²) in [4.78, 5) is 19.1. The van der Waals surface area contributed by atoms with E-state index < -0.39 is 0 Å². The standard InChI is InChI=1S/C27H20FN5/c1-2-21-23-19(11-7-12-20(23)28)26(30-21)32-25-18-10-5-6-13-22(18)31-27(33-25)24-17-9-4-3-8-16(17)14-15-29-24/h3-15,21H,2H2,1H3,(H,30,31,32,33). The molecule has 1 atom stereocenters. The number of nitrogens with zero attached hydrogens (tertiary/aromatic N) is 4. The lowest BCUT2D eigenvalue weighted by atomic mass is 10.0. The van der Waals surface area contributed by atoms with E-state index in [0.29, 0.717) is 28.7 Å². The van der Waals surface area contributed by atoms with Crippen LogP contribution in [0.1, 0.15) is 30.5 Å². The van der Waals surface area contributed by atoms with Gasteiger partial charge in [0.15, 0.2) is 5.82 Å². The summed E-state index contributed by atoms with van der Waals surface area (Å²) in [7, 11) is 0. The molecule has 160 valence electrons. The van der Waals surface area contributed by atoms with Crippen LogP contribution in [-0.2, 0) is 0 Å². The molecule has 6 rings (SSSR count). The normalized spacial score (nSPS) is 15.0. The van der Waals surface area contributed by atoms with Crippen LogP contribution in [0.4, 0.5) is 10.2 Å². The predicted octanol–water partition coefficient (Wildman–Crippen LogP) is 6.31. The number of hydrogen-bond donors (Lipinski definition) is 1. The molecular weight excluding hydrogens is 413 g/mol. The van der Waals surface area contributed by atoms with Crippen LogP contribution in [-0.4, -0.2) is 20.8 Å². The SMILES string of the molecule is CCC1N=C(Nc2nc(-c3nccc4ccccc34)nc3ccccc23)c2cccc(F)c21. The Labute approximate surface area is 190 Å². The van der Waals surface area contributed by atoms with E-state index in [4.69, 9.17) is 15.0 Å². The average Bonchev–Trinajstić information content (AvgIpc) is 3.22. The number of nitrogens with one attached hydrogen (secondary N) is 1. The van der Waals surface area contributed by atoms with Gasteiger partial charge in [-0.3, -0.25) is 9.98 Å². The van der Waals surface area contributed by atoms with E-state index in [1.54, 1.807) is 12.3 Å². The highest BCUT2D eigenvalue weighted by atomic mass is 19.1. The Bertz CT molecular complexity index is 1550. The molecule has 1 N–H and O–H groups in total. The van der Waals surface area contributed by atoms with Gasteiger partial charge in [0.1, 0.15) is 23.2 Å². The Hall–Kier alpha value is -4.19. The van der Waals surface area contributed by atoms with Gasteiger partial charge in [0.2, 0.25) is 0 Å². The number of hydrogen-bond acceptors (Lipinski definition) is 5. The van der Waals surface area contributed by atoms with Crippen molar-refractivity contribution in [1.82, 2.24) is 15.0 Å². The van der Waals surface area contributed by atoms with Gasteiger partial charge in [-0.2, -0.15) is 0 Å². The Morgan fingerprint density at radius 1 is 0.879 bits per heavy atom. The van der Waals surface area contributed by atoms with Crippen LogP contribution in [0.15, 0.2) is 84.0 Å². The largest absolute Gasteiger partial charge is 0.324 e. The van der Waals surface area contributed by atoms with Crippen LogP contribution in [0, 0.1) is 5.82 Å². The topological polar surface area (TPSA) is 63.1 Å². The molecule has 0 saturated carbocycles. The molecule has 33 heavy (non-hydrogen) atoms. The van der Waals surface area contributed by atoms with Crippen molar-refractivity contribution >= 4 is 33.3 Å². The number of amidine groups is 1. The van der Waals surface area contributed by atoms with Crippen molar-refractivity contribution in [3.05, 3.63) is 95.9 Å². The maximum Gasteiger partial charge on any atom is 0.181 e. The summed E-state index contributed by atoms with van der Waals surface area (Å²) in [6.45, 7) is 2.01. The smallest absolute Gasteiger partial charge is 0.181 e. The van der Waals surface area contributed by atoms with Gasteiger partial charge in [0.25, 0.3) is 0 Å². The number of pyridine rings is 1. The molecule has 6 heteroatoms. The summed E-state index contributed by atoms with van der Waals surface area (Å²) in [5.41, 5.74) is 2.92. The number of aromatic nitrogens is 3. The third-order valence-electron chi connectivity index (χ3n) is 6.04. The minimum atomic E-state index is -0.229. The van der Waals surface area contributed by atoms with Crippen molar-refractivity contribution < 1.29 is 4.39 Å². The van der Waals surface area contributed by atoms with Crippen LogP contribution in [0.25, 0.3) is 33.2 Å². The van der Waals surface area contributed by atoms with Gasteiger partial charge in [-0.1, -0.05) is 55.5 Å². The van der Waals surface area contributed by atoms with Gasteiger partial charge in [0.05, 0.1) is 11.6 Å². The molecule has 0 spiro atoms. The van der Waals surface area contributed by atoms with Gasteiger partial charge >= 0.3 is 0 Å². The molecule has 0 saturated heterocycles. The Morgan fingerprint density at radius 2 is 1.70 bits per heavy atom. The second-order valence-electron chi connectivity index (χ2n) is 8.02. The summed E-state index contributed by atoms with van der Waals surface area (Å²) in [6, 6.07) is 22.7. The van der Waals surface area contributed by atoms with Crippen LogP contribution in [0.3, 0.4) is 0 Å². The van der Waals surface area contributed by atoms with E-state index in [-0.39, 0.29) is 11.9 Å². The summed E-state index contributed by atoms with van der Waals surface area (Å²) in [6.07, 6.45) is 2.49. The van der Waals surface area contributed by atoms with E-state index >= 15 is 0 Å². The van der Waals surface area contributed by atoms with Crippen LogP contribution < -0.4 is 5.32 Å². The maximum atomic E-state index is 14.6. The van der Waals surface area contributed by atoms with Crippen LogP contribution >= 0.6 is 0 Å². The third-order valence-corrected chi connectivity index (χ3v) is 6.04. The molecule has 0 radical (unpaired) electrons. The van der Waals surface area contributed by atoms with Crippen molar-refractivity contribution in [2.45, 2.75) is 19.4 Å². The Morgan fingerprint density at radius 3 is 2.58 bits per heavy atom. The number of benzene rings is 3. The summed E-state index contributed by atoms with van der Waals surface area (Å²) >= 11 is 0. The van der Waals surface area contributed by atoms with Crippen molar-refractivity contribution in [3.8, 4) is 11.5 Å². The Kier molecular flexibility index (Phi) is 4.57. The van der Waals surface area contributed by atoms with Gasteiger partial charge in [0, 0.05) is 28.1 Å². The van der Waals surface area contributed by atoms with E-state index in [2.05, 4.69) is 10.3 Å². The molecule has 5 aromatic rings. The third kappa shape index (κ3) is 3.22. The molecule has 5 nitrogen and oxygen atoms in total. The first-order valence-electron chi connectivity index (χ1n) is 11.0. The van der Waals surface area contributed by atoms with Gasteiger partial charge in [-0.25, -0.2) is 14.4 Å². The highest BCUT2D eigenvalue weighted by Gasteiger charge is 2.28. The van der Waals surface area contributed by atoms with Crippen molar-refractivity contribution in [2.75, 3.05) is 5.32 Å². The number of rotatable bonds is 3. The lowest BCUT2D eigenvalue weighted by molar-refractivity contribution is 0.582. The minimum Gasteiger partial charge on any atom is -0.324 e. The lowest BCUT2D eigenvalue weighted by Crippen LogP contribution is -2.14. The fourth-order valence-corrected chi connectivity index (χ4v) is 4.45.